The van der Waals surface area contributed by atoms with Gasteiger partial charge in [-0.25, -0.2) is 0 Å². The van der Waals surface area contributed by atoms with Gasteiger partial charge in [0.25, 0.3) is 11.8 Å². The second-order valence-electron chi connectivity index (χ2n) is 10.5. The third-order valence-corrected chi connectivity index (χ3v) is 7.74. The molecule has 3 aliphatic rings. The SMILES string of the molecule is O=C(c1cccc(C(=O)N2CCN(c3ccc(OCCCN4CCCCC4)cc3)C(=O)C2)c1)N1CCCC1. The number of hydrogen-bond acceptors (Lipinski definition) is 5. The number of hydrogen-bond donors (Lipinski definition) is 0. The van der Waals surface area contributed by atoms with Crippen LogP contribution in [0.25, 0.3) is 0 Å². The molecule has 8 heteroatoms. The molecule has 0 aromatic heterocycles. The lowest BCUT2D eigenvalue weighted by Gasteiger charge is -2.34. The van der Waals surface area contributed by atoms with Gasteiger partial charge in [0, 0.05) is 49.5 Å². The van der Waals surface area contributed by atoms with E-state index < -0.39 is 0 Å². The van der Waals surface area contributed by atoms with Crippen LogP contribution in [0.2, 0.25) is 0 Å². The molecule has 0 radical (unpaired) electrons. The van der Waals surface area contributed by atoms with Crippen LogP contribution in [0.3, 0.4) is 0 Å². The second kappa shape index (κ2) is 12.4. The lowest BCUT2D eigenvalue weighted by Crippen LogP contribution is -2.52. The van der Waals surface area contributed by atoms with Crippen LogP contribution in [0.4, 0.5) is 5.69 Å². The van der Waals surface area contributed by atoms with Crippen molar-refractivity contribution in [3.63, 3.8) is 0 Å². The van der Waals surface area contributed by atoms with E-state index in [1.54, 1.807) is 34.1 Å². The zero-order valence-electron chi connectivity index (χ0n) is 22.1. The van der Waals surface area contributed by atoms with Crippen molar-refractivity contribution in [2.45, 2.75) is 38.5 Å². The zero-order chi connectivity index (χ0) is 26.3. The van der Waals surface area contributed by atoms with Crippen molar-refractivity contribution in [1.29, 1.82) is 0 Å². The molecule has 2 aromatic carbocycles. The molecule has 38 heavy (non-hydrogen) atoms. The Labute approximate surface area is 225 Å². The molecule has 3 amide bonds. The van der Waals surface area contributed by atoms with Crippen LogP contribution in [-0.2, 0) is 4.79 Å². The first kappa shape index (κ1) is 26.2. The number of rotatable bonds is 8. The molecule has 3 heterocycles. The molecular formula is C30H38N4O4. The Kier molecular flexibility index (Phi) is 8.58. The topological polar surface area (TPSA) is 73.4 Å². The minimum absolute atomic E-state index is 0.0118. The maximum absolute atomic E-state index is 13.2. The van der Waals surface area contributed by atoms with Gasteiger partial charge in [-0.3, -0.25) is 14.4 Å². The third-order valence-electron chi connectivity index (χ3n) is 7.74. The molecule has 3 saturated heterocycles. The number of carbonyl (C=O) groups is 3. The molecule has 0 spiro atoms. The highest BCUT2D eigenvalue weighted by Crippen LogP contribution is 2.23. The first-order valence-electron chi connectivity index (χ1n) is 14.0. The molecule has 8 nitrogen and oxygen atoms in total. The predicted octanol–water partition coefficient (Wildman–Crippen LogP) is 3.67. The van der Waals surface area contributed by atoms with Crippen LogP contribution >= 0.6 is 0 Å². The fourth-order valence-corrected chi connectivity index (χ4v) is 5.57. The number of likely N-dealkylation sites (tertiary alicyclic amines) is 2. The summed E-state index contributed by atoms with van der Waals surface area (Å²) in [7, 11) is 0. The smallest absolute Gasteiger partial charge is 0.254 e. The Balaban J connectivity index is 1.11. The summed E-state index contributed by atoms with van der Waals surface area (Å²) >= 11 is 0. The van der Waals surface area contributed by atoms with Crippen molar-refractivity contribution in [1.82, 2.24) is 14.7 Å². The van der Waals surface area contributed by atoms with Crippen molar-refractivity contribution in [2.75, 3.05) is 63.9 Å². The normalized spacial score (nSPS) is 18.6. The van der Waals surface area contributed by atoms with Gasteiger partial charge in [0.1, 0.15) is 12.3 Å². The van der Waals surface area contributed by atoms with Gasteiger partial charge >= 0.3 is 0 Å². The third kappa shape index (κ3) is 6.35. The molecule has 3 fully saturated rings. The molecule has 0 atom stereocenters. The largest absolute Gasteiger partial charge is 0.494 e. The van der Waals surface area contributed by atoms with E-state index in [0.29, 0.717) is 30.8 Å². The standard InChI is InChI=1S/C30H38N4O4/c35-28-23-33(30(37)25-9-6-8-24(22-25)29(36)32-17-4-5-18-32)19-20-34(28)26-10-12-27(13-11-26)38-21-7-16-31-14-2-1-3-15-31/h6,8-13,22H,1-5,7,14-21,23H2. The molecule has 0 unspecified atom stereocenters. The molecule has 0 aliphatic carbocycles. The average molecular weight is 519 g/mol. The van der Waals surface area contributed by atoms with Gasteiger partial charge in [0.15, 0.2) is 0 Å². The molecule has 0 bridgehead atoms. The van der Waals surface area contributed by atoms with Crippen molar-refractivity contribution in [3.8, 4) is 5.75 Å². The number of ether oxygens (including phenoxy) is 1. The van der Waals surface area contributed by atoms with Crippen LogP contribution < -0.4 is 9.64 Å². The van der Waals surface area contributed by atoms with Crippen LogP contribution in [-0.4, -0.2) is 91.4 Å². The van der Waals surface area contributed by atoms with Crippen molar-refractivity contribution in [2.24, 2.45) is 0 Å². The Morgan fingerprint density at radius 2 is 1.39 bits per heavy atom. The molecule has 3 aliphatic heterocycles. The summed E-state index contributed by atoms with van der Waals surface area (Å²) in [5.41, 5.74) is 1.77. The van der Waals surface area contributed by atoms with E-state index in [1.807, 2.05) is 29.2 Å². The summed E-state index contributed by atoms with van der Waals surface area (Å²) in [6.07, 6.45) is 7.00. The fourth-order valence-electron chi connectivity index (χ4n) is 5.57. The van der Waals surface area contributed by atoms with Crippen molar-refractivity contribution >= 4 is 23.4 Å². The fraction of sp³-hybridized carbons (Fsp3) is 0.500. The highest BCUT2D eigenvalue weighted by Gasteiger charge is 2.29. The molecular weight excluding hydrogens is 480 g/mol. The number of piperazine rings is 1. The summed E-state index contributed by atoms with van der Waals surface area (Å²) in [4.78, 5) is 46.5. The number of anilines is 1. The average Bonchev–Trinajstić information content (AvgIpc) is 3.51. The molecule has 5 rings (SSSR count). The summed E-state index contributed by atoms with van der Waals surface area (Å²) in [5.74, 6) is 0.427. The van der Waals surface area contributed by atoms with Crippen molar-refractivity contribution < 1.29 is 19.1 Å². The van der Waals surface area contributed by atoms with E-state index in [-0.39, 0.29) is 24.3 Å². The van der Waals surface area contributed by atoms with Gasteiger partial charge in [-0.1, -0.05) is 12.5 Å². The summed E-state index contributed by atoms with van der Waals surface area (Å²) < 4.78 is 5.91. The van der Waals surface area contributed by atoms with E-state index in [2.05, 4.69) is 4.90 Å². The maximum atomic E-state index is 13.2. The van der Waals surface area contributed by atoms with Crippen LogP contribution in [0.5, 0.6) is 5.75 Å². The van der Waals surface area contributed by atoms with Crippen molar-refractivity contribution in [3.05, 3.63) is 59.7 Å². The Morgan fingerprint density at radius 1 is 0.737 bits per heavy atom. The molecule has 202 valence electrons. The van der Waals surface area contributed by atoms with E-state index in [9.17, 15) is 14.4 Å². The number of carbonyl (C=O) groups excluding carboxylic acids is 3. The number of benzene rings is 2. The van der Waals surface area contributed by atoms with E-state index in [0.717, 1.165) is 50.3 Å². The van der Waals surface area contributed by atoms with Gasteiger partial charge < -0.3 is 24.3 Å². The Morgan fingerprint density at radius 3 is 2.08 bits per heavy atom. The lowest BCUT2D eigenvalue weighted by atomic mass is 10.1. The monoisotopic (exact) mass is 518 g/mol. The number of amides is 3. The minimum Gasteiger partial charge on any atom is -0.494 e. The molecule has 2 aromatic rings. The van der Waals surface area contributed by atoms with Gasteiger partial charge in [-0.05, 0) is 87.7 Å². The highest BCUT2D eigenvalue weighted by atomic mass is 16.5. The first-order chi connectivity index (χ1) is 18.6. The predicted molar refractivity (Wildman–Crippen MR) is 147 cm³/mol. The van der Waals surface area contributed by atoms with Crippen LogP contribution in [0.1, 0.15) is 59.2 Å². The van der Waals surface area contributed by atoms with E-state index in [4.69, 9.17) is 4.74 Å². The summed E-state index contributed by atoms with van der Waals surface area (Å²) in [6, 6.07) is 14.5. The number of piperidine rings is 1. The lowest BCUT2D eigenvalue weighted by molar-refractivity contribution is -0.120. The summed E-state index contributed by atoms with van der Waals surface area (Å²) in [5, 5.41) is 0. The summed E-state index contributed by atoms with van der Waals surface area (Å²) in [6.45, 7) is 6.56. The van der Waals surface area contributed by atoms with Crippen LogP contribution in [0.15, 0.2) is 48.5 Å². The van der Waals surface area contributed by atoms with Gasteiger partial charge in [0.2, 0.25) is 5.91 Å². The Hall–Kier alpha value is -3.39. The molecule has 0 N–H and O–H groups in total. The number of nitrogens with zero attached hydrogens (tertiary/aromatic N) is 4. The Bertz CT molecular complexity index is 1120. The highest BCUT2D eigenvalue weighted by molar-refractivity contribution is 6.03. The zero-order valence-corrected chi connectivity index (χ0v) is 22.1. The van der Waals surface area contributed by atoms with E-state index in [1.165, 1.54) is 32.4 Å². The van der Waals surface area contributed by atoms with Gasteiger partial charge in [-0.15, -0.1) is 0 Å². The second-order valence-corrected chi connectivity index (χ2v) is 10.5. The maximum Gasteiger partial charge on any atom is 0.254 e. The van der Waals surface area contributed by atoms with E-state index >= 15 is 0 Å². The van der Waals surface area contributed by atoms with Gasteiger partial charge in [0.05, 0.1) is 6.61 Å². The minimum atomic E-state index is -0.220. The quantitative estimate of drug-likeness (QED) is 0.499. The van der Waals surface area contributed by atoms with Crippen LogP contribution in [0, 0.1) is 0 Å². The van der Waals surface area contributed by atoms with Gasteiger partial charge in [-0.2, -0.15) is 0 Å². The first-order valence-corrected chi connectivity index (χ1v) is 14.0. The molecule has 0 saturated carbocycles.